The van der Waals surface area contributed by atoms with Crippen LogP contribution in [0.5, 0.6) is 0 Å². The molecule has 3 aliphatic rings. The van der Waals surface area contributed by atoms with Gasteiger partial charge in [-0.1, -0.05) is 30.3 Å². The maximum Gasteiger partial charge on any atom is 0.308 e. The number of hydrogen-bond donors (Lipinski definition) is 0. The summed E-state index contributed by atoms with van der Waals surface area (Å²) < 4.78 is 43.6. The van der Waals surface area contributed by atoms with Crippen molar-refractivity contribution in [1.29, 1.82) is 0 Å². The zero-order valence-corrected chi connectivity index (χ0v) is 25.7. The molecule has 9 heteroatoms. The Hall–Kier alpha value is -4.37. The first-order valence-corrected chi connectivity index (χ1v) is 16.1. The van der Waals surface area contributed by atoms with E-state index in [0.29, 0.717) is 24.5 Å². The maximum atomic E-state index is 14.8. The lowest BCUT2D eigenvalue weighted by Crippen LogP contribution is -2.49. The average molecular weight is 624 g/mol. The normalized spacial score (nSPS) is 23.0. The molecule has 46 heavy (non-hydrogen) atoms. The smallest absolute Gasteiger partial charge is 0.308 e. The second-order valence-corrected chi connectivity index (χ2v) is 13.4. The minimum absolute atomic E-state index is 0.0285. The largest absolute Gasteiger partial charge is 0.469 e. The van der Waals surface area contributed by atoms with Crippen LogP contribution in [0.25, 0.3) is 27.5 Å². The number of fused-ring (bicyclic) bond motifs is 2. The second kappa shape index (κ2) is 11.2. The summed E-state index contributed by atoms with van der Waals surface area (Å²) in [6.07, 6.45) is 7.01. The molecule has 0 N–H and O–H groups in total. The van der Waals surface area contributed by atoms with Gasteiger partial charge in [-0.25, -0.2) is 8.78 Å². The van der Waals surface area contributed by atoms with E-state index in [1.54, 1.807) is 16.9 Å². The van der Waals surface area contributed by atoms with E-state index in [0.717, 1.165) is 66.0 Å². The van der Waals surface area contributed by atoms with Crippen LogP contribution < -0.4 is 0 Å². The van der Waals surface area contributed by atoms with Crippen LogP contribution in [-0.4, -0.2) is 46.4 Å². The van der Waals surface area contributed by atoms with Crippen molar-refractivity contribution in [2.45, 2.75) is 56.9 Å². The van der Waals surface area contributed by atoms with Gasteiger partial charge in [0.25, 0.3) is 0 Å². The van der Waals surface area contributed by atoms with Crippen LogP contribution in [0, 0.1) is 23.0 Å². The third-order valence-corrected chi connectivity index (χ3v) is 10.6. The summed E-state index contributed by atoms with van der Waals surface area (Å²) >= 11 is 0. The highest BCUT2D eigenvalue weighted by Crippen LogP contribution is 2.65. The number of halogens is 2. The van der Waals surface area contributed by atoms with Crippen LogP contribution in [-0.2, 0) is 20.8 Å². The van der Waals surface area contributed by atoms with Crippen LogP contribution in [0.2, 0.25) is 0 Å². The van der Waals surface area contributed by atoms with Gasteiger partial charge in [-0.2, -0.15) is 5.10 Å². The summed E-state index contributed by atoms with van der Waals surface area (Å²) in [6, 6.07) is 17.5. The van der Waals surface area contributed by atoms with E-state index in [9.17, 15) is 18.4 Å². The number of hydrogen-bond acceptors (Lipinski definition) is 5. The van der Waals surface area contributed by atoms with Crippen LogP contribution in [0.15, 0.2) is 66.9 Å². The molecule has 1 saturated heterocycles. The molecule has 3 aromatic carbocycles. The number of Topliss-reactive ketones (excluding diaryl/α,β-unsaturated/α-hetero) is 1. The van der Waals surface area contributed by atoms with Crippen LogP contribution in [0.1, 0.15) is 72.0 Å². The van der Waals surface area contributed by atoms with Gasteiger partial charge < -0.3 is 14.0 Å². The van der Waals surface area contributed by atoms with E-state index < -0.39 is 11.6 Å². The Morgan fingerprint density at radius 1 is 0.935 bits per heavy atom. The molecule has 2 saturated carbocycles. The van der Waals surface area contributed by atoms with Gasteiger partial charge in [-0.15, -0.1) is 0 Å². The second-order valence-electron chi connectivity index (χ2n) is 13.4. The number of methoxy groups -OCH3 is 1. The molecule has 236 valence electrons. The monoisotopic (exact) mass is 623 g/mol. The fraction of sp³-hybridized carbons (Fsp3) is 0.378. The number of rotatable bonds is 7. The highest BCUT2D eigenvalue weighted by atomic mass is 19.2. The first kappa shape index (κ1) is 29.1. The topological polar surface area (TPSA) is 75.3 Å². The van der Waals surface area contributed by atoms with Gasteiger partial charge in [0, 0.05) is 52.9 Å². The fourth-order valence-corrected chi connectivity index (χ4v) is 8.43. The molecule has 3 fully saturated rings. The van der Waals surface area contributed by atoms with Gasteiger partial charge in [0.15, 0.2) is 17.4 Å². The van der Waals surface area contributed by atoms with Crippen LogP contribution >= 0.6 is 0 Å². The van der Waals surface area contributed by atoms with Crippen molar-refractivity contribution >= 4 is 33.6 Å². The maximum absolute atomic E-state index is 14.8. The zero-order valence-electron chi connectivity index (χ0n) is 25.7. The highest BCUT2D eigenvalue weighted by Gasteiger charge is 2.56. The molecule has 0 amide bonds. The standard InChI is InChI=1S/C37H35F2N3O4/c1-45-36(44)26-18-37(19-26)16-25(17-37)34-28-15-31-24(20-40-41(31)21-33(43)22-5-3-2-4-6-22)13-32(28)42(27-7-8-29(38)30(39)14-27)35(34)23-9-11-46-12-10-23/h2-8,13-15,20,23,25-26H,9-12,16-19,21H2,1H3. The Bertz CT molecular complexity index is 1980. The van der Waals surface area contributed by atoms with Gasteiger partial charge in [0.1, 0.15) is 6.54 Å². The Morgan fingerprint density at radius 2 is 1.70 bits per heavy atom. The Kier molecular flexibility index (Phi) is 7.05. The van der Waals surface area contributed by atoms with E-state index in [1.165, 1.54) is 24.8 Å². The summed E-state index contributed by atoms with van der Waals surface area (Å²) in [4.78, 5) is 25.4. The lowest BCUT2D eigenvalue weighted by Gasteiger charge is -2.57. The third-order valence-electron chi connectivity index (χ3n) is 10.6. The number of nitrogens with zero attached hydrogens (tertiary/aromatic N) is 3. The summed E-state index contributed by atoms with van der Waals surface area (Å²) in [7, 11) is 1.45. The molecular weight excluding hydrogens is 588 g/mol. The number of carbonyl (C=O) groups is 2. The molecule has 3 heterocycles. The minimum atomic E-state index is -0.891. The van der Waals surface area contributed by atoms with E-state index >= 15 is 0 Å². The summed E-state index contributed by atoms with van der Waals surface area (Å²) in [5.74, 6) is -1.56. The number of ether oxygens (including phenoxy) is 2. The van der Waals surface area contributed by atoms with E-state index in [2.05, 4.69) is 21.8 Å². The van der Waals surface area contributed by atoms with Gasteiger partial charge in [0.2, 0.25) is 0 Å². The minimum Gasteiger partial charge on any atom is -0.469 e. The van der Waals surface area contributed by atoms with Crippen molar-refractivity contribution in [3.63, 3.8) is 0 Å². The Morgan fingerprint density at radius 3 is 2.41 bits per heavy atom. The lowest BCUT2D eigenvalue weighted by molar-refractivity contribution is -0.159. The number of ketones is 1. The molecule has 0 atom stereocenters. The Labute approximate surface area is 265 Å². The van der Waals surface area contributed by atoms with E-state index in [1.807, 2.05) is 30.3 Å². The van der Waals surface area contributed by atoms with E-state index in [-0.39, 0.29) is 41.5 Å². The molecule has 0 radical (unpaired) electrons. The number of aromatic nitrogens is 3. The van der Waals surface area contributed by atoms with Crippen molar-refractivity contribution < 1.29 is 27.8 Å². The first-order chi connectivity index (χ1) is 22.3. The van der Waals surface area contributed by atoms with Crippen molar-refractivity contribution in [2.75, 3.05) is 20.3 Å². The molecule has 1 aliphatic heterocycles. The molecule has 2 aromatic heterocycles. The van der Waals surface area contributed by atoms with Gasteiger partial charge in [0.05, 0.1) is 30.3 Å². The van der Waals surface area contributed by atoms with Crippen LogP contribution in [0.3, 0.4) is 0 Å². The van der Waals surface area contributed by atoms with Gasteiger partial charge in [-0.05, 0) is 79.7 Å². The zero-order chi connectivity index (χ0) is 31.6. The number of esters is 1. The van der Waals surface area contributed by atoms with Crippen molar-refractivity contribution in [1.82, 2.24) is 14.3 Å². The van der Waals surface area contributed by atoms with Crippen molar-refractivity contribution in [3.8, 4) is 5.69 Å². The summed E-state index contributed by atoms with van der Waals surface area (Å²) in [5.41, 5.74) is 5.44. The molecular formula is C37H35F2N3O4. The lowest BCUT2D eigenvalue weighted by atomic mass is 9.47. The molecule has 0 unspecified atom stereocenters. The van der Waals surface area contributed by atoms with Crippen LogP contribution in [0.4, 0.5) is 8.78 Å². The molecule has 7 nitrogen and oxygen atoms in total. The SMILES string of the molecule is COC(=O)C1CC2(C1)CC(c1c(C3CCOCC3)n(-c3ccc(F)c(F)c3)c3cc4cnn(CC(=O)c5ccccc5)c4cc13)C2. The predicted molar refractivity (Wildman–Crippen MR) is 169 cm³/mol. The molecule has 8 rings (SSSR count). The van der Waals surface area contributed by atoms with E-state index in [4.69, 9.17) is 9.47 Å². The predicted octanol–water partition coefficient (Wildman–Crippen LogP) is 7.48. The molecule has 1 spiro atoms. The fourth-order valence-electron chi connectivity index (χ4n) is 8.43. The van der Waals surface area contributed by atoms with Crippen molar-refractivity contribution in [2.24, 2.45) is 11.3 Å². The Balaban J connectivity index is 1.28. The van der Waals surface area contributed by atoms with Crippen molar-refractivity contribution in [3.05, 3.63) is 95.3 Å². The highest BCUT2D eigenvalue weighted by molar-refractivity contribution is 6.01. The molecule has 2 aliphatic carbocycles. The summed E-state index contributed by atoms with van der Waals surface area (Å²) in [5, 5.41) is 6.51. The molecule has 0 bridgehead atoms. The third kappa shape index (κ3) is 4.75. The summed E-state index contributed by atoms with van der Waals surface area (Å²) in [6.45, 7) is 1.38. The quantitative estimate of drug-likeness (QED) is 0.139. The van der Waals surface area contributed by atoms with Gasteiger partial charge >= 0.3 is 5.97 Å². The number of benzene rings is 3. The number of carbonyl (C=O) groups excluding carboxylic acids is 2. The molecule has 5 aromatic rings. The van der Waals surface area contributed by atoms with Gasteiger partial charge in [-0.3, -0.25) is 14.3 Å². The average Bonchev–Trinajstić information content (AvgIpc) is 3.58. The first-order valence-electron chi connectivity index (χ1n) is 16.1.